The third-order valence-corrected chi connectivity index (χ3v) is 3.73. The topological polar surface area (TPSA) is 38.0 Å². The number of benzene rings is 1. The molecular formula is C12H13IN2S. The molecule has 0 aliphatic rings. The van der Waals surface area contributed by atoms with Crippen LogP contribution in [0.25, 0.3) is 0 Å². The molecule has 0 spiro atoms. The van der Waals surface area contributed by atoms with Crippen LogP contribution in [0.2, 0.25) is 0 Å². The van der Waals surface area contributed by atoms with Gasteiger partial charge in [0.2, 0.25) is 0 Å². The second-order valence-electron chi connectivity index (χ2n) is 3.54. The first kappa shape index (κ1) is 11.7. The quantitative estimate of drug-likeness (QED) is 0.657. The van der Waals surface area contributed by atoms with Crippen LogP contribution in [-0.4, -0.2) is 6.54 Å². The third kappa shape index (κ3) is 3.12. The highest BCUT2D eigenvalue weighted by Crippen LogP contribution is 2.20. The zero-order chi connectivity index (χ0) is 11.4. The summed E-state index contributed by atoms with van der Waals surface area (Å²) in [4.78, 5) is 0. The number of nitrogens with one attached hydrogen (secondary N) is 1. The molecule has 2 aromatic rings. The molecule has 0 saturated carbocycles. The van der Waals surface area contributed by atoms with Crippen molar-refractivity contribution in [3.05, 3.63) is 44.2 Å². The number of hydrogen-bond acceptors (Lipinski definition) is 3. The normalized spacial score (nSPS) is 10.3. The minimum absolute atomic E-state index is 0.817. The van der Waals surface area contributed by atoms with Crippen molar-refractivity contribution in [1.29, 1.82) is 0 Å². The summed E-state index contributed by atoms with van der Waals surface area (Å²) in [6.45, 7) is 0.918. The van der Waals surface area contributed by atoms with E-state index in [2.05, 4.69) is 50.8 Å². The van der Waals surface area contributed by atoms with Crippen LogP contribution in [0, 0.1) is 3.57 Å². The smallest absolute Gasteiger partial charge is 0.0574 e. The van der Waals surface area contributed by atoms with Gasteiger partial charge in [0.15, 0.2) is 0 Å². The number of rotatable bonds is 4. The lowest BCUT2D eigenvalue weighted by Crippen LogP contribution is -2.06. The Morgan fingerprint density at radius 2 is 2.19 bits per heavy atom. The molecule has 0 aliphatic heterocycles. The van der Waals surface area contributed by atoms with Gasteiger partial charge in [-0.25, -0.2) is 0 Å². The predicted molar refractivity (Wildman–Crippen MR) is 80.1 cm³/mol. The molecule has 1 heterocycles. The molecule has 0 atom stereocenters. The molecule has 2 rings (SSSR count). The highest BCUT2D eigenvalue weighted by atomic mass is 127. The largest absolute Gasteiger partial charge is 0.397 e. The summed E-state index contributed by atoms with van der Waals surface area (Å²) in [7, 11) is 0. The third-order valence-electron chi connectivity index (χ3n) is 2.32. The minimum atomic E-state index is 0.817. The van der Waals surface area contributed by atoms with E-state index >= 15 is 0 Å². The van der Waals surface area contributed by atoms with Crippen LogP contribution in [0.4, 0.5) is 11.4 Å². The van der Waals surface area contributed by atoms with Gasteiger partial charge < -0.3 is 11.1 Å². The molecule has 0 aliphatic carbocycles. The van der Waals surface area contributed by atoms with E-state index < -0.39 is 0 Å². The number of thiophene rings is 1. The lowest BCUT2D eigenvalue weighted by atomic mass is 10.2. The van der Waals surface area contributed by atoms with Crippen molar-refractivity contribution in [2.45, 2.75) is 6.42 Å². The number of nitrogen functional groups attached to an aromatic ring is 1. The first-order valence-electron chi connectivity index (χ1n) is 5.05. The Morgan fingerprint density at radius 1 is 1.31 bits per heavy atom. The fraction of sp³-hybridized carbons (Fsp3) is 0.167. The Labute approximate surface area is 113 Å². The molecule has 2 nitrogen and oxygen atoms in total. The number of anilines is 2. The fourth-order valence-corrected chi connectivity index (χ4v) is 2.69. The average molecular weight is 344 g/mol. The van der Waals surface area contributed by atoms with E-state index in [4.69, 9.17) is 5.73 Å². The number of hydrogen-bond donors (Lipinski definition) is 2. The van der Waals surface area contributed by atoms with Crippen molar-refractivity contribution in [3.63, 3.8) is 0 Å². The van der Waals surface area contributed by atoms with Crippen LogP contribution < -0.4 is 11.1 Å². The lowest BCUT2D eigenvalue weighted by molar-refractivity contribution is 1.03. The standard InChI is InChI=1S/C12H13IN2S/c13-10-1-2-12(11(14)7-10)15-5-3-9-4-6-16-8-9/h1-2,4,6-8,15H,3,5,14H2. The Bertz CT molecular complexity index is 454. The maximum Gasteiger partial charge on any atom is 0.0574 e. The second-order valence-corrected chi connectivity index (χ2v) is 5.57. The van der Waals surface area contributed by atoms with E-state index in [1.54, 1.807) is 11.3 Å². The van der Waals surface area contributed by atoms with Gasteiger partial charge in [0.1, 0.15) is 0 Å². The van der Waals surface area contributed by atoms with Crippen LogP contribution in [-0.2, 0) is 6.42 Å². The van der Waals surface area contributed by atoms with E-state index in [0.717, 1.165) is 24.3 Å². The second kappa shape index (κ2) is 5.54. The zero-order valence-electron chi connectivity index (χ0n) is 8.74. The van der Waals surface area contributed by atoms with Gasteiger partial charge in [-0.3, -0.25) is 0 Å². The molecular weight excluding hydrogens is 331 g/mol. The van der Waals surface area contributed by atoms with Crippen molar-refractivity contribution in [2.75, 3.05) is 17.6 Å². The van der Waals surface area contributed by atoms with Crippen molar-refractivity contribution in [3.8, 4) is 0 Å². The minimum Gasteiger partial charge on any atom is -0.397 e. The summed E-state index contributed by atoms with van der Waals surface area (Å²) >= 11 is 4.00. The van der Waals surface area contributed by atoms with E-state index in [1.807, 2.05) is 12.1 Å². The molecule has 0 radical (unpaired) electrons. The molecule has 1 aromatic heterocycles. The Balaban J connectivity index is 1.90. The lowest BCUT2D eigenvalue weighted by Gasteiger charge is -2.08. The van der Waals surface area contributed by atoms with Gasteiger partial charge in [0, 0.05) is 10.1 Å². The highest BCUT2D eigenvalue weighted by molar-refractivity contribution is 14.1. The van der Waals surface area contributed by atoms with Crippen LogP contribution >= 0.6 is 33.9 Å². The van der Waals surface area contributed by atoms with Crippen LogP contribution in [0.3, 0.4) is 0 Å². The molecule has 0 unspecified atom stereocenters. The molecule has 4 heteroatoms. The van der Waals surface area contributed by atoms with E-state index in [1.165, 1.54) is 9.13 Å². The summed E-state index contributed by atoms with van der Waals surface area (Å²) in [6.07, 6.45) is 1.04. The van der Waals surface area contributed by atoms with E-state index in [0.29, 0.717) is 0 Å². The van der Waals surface area contributed by atoms with Gasteiger partial charge in [-0.15, -0.1) is 0 Å². The van der Waals surface area contributed by atoms with Crippen LogP contribution in [0.5, 0.6) is 0 Å². The van der Waals surface area contributed by atoms with Gasteiger partial charge in [0.05, 0.1) is 11.4 Å². The number of nitrogens with two attached hydrogens (primary N) is 1. The van der Waals surface area contributed by atoms with Gasteiger partial charge in [-0.1, -0.05) is 0 Å². The SMILES string of the molecule is Nc1cc(I)ccc1NCCc1ccsc1. The summed E-state index contributed by atoms with van der Waals surface area (Å²) in [5.41, 5.74) is 9.13. The average Bonchev–Trinajstić information content (AvgIpc) is 2.74. The van der Waals surface area contributed by atoms with Gasteiger partial charge in [0.25, 0.3) is 0 Å². The Hall–Kier alpha value is -0.750. The van der Waals surface area contributed by atoms with Gasteiger partial charge >= 0.3 is 0 Å². The number of halogens is 1. The molecule has 16 heavy (non-hydrogen) atoms. The Kier molecular flexibility index (Phi) is 4.06. The molecule has 0 fully saturated rings. The van der Waals surface area contributed by atoms with E-state index in [9.17, 15) is 0 Å². The van der Waals surface area contributed by atoms with Crippen molar-refractivity contribution in [2.24, 2.45) is 0 Å². The summed E-state index contributed by atoms with van der Waals surface area (Å²) in [5.74, 6) is 0. The highest BCUT2D eigenvalue weighted by Gasteiger charge is 1.99. The molecule has 84 valence electrons. The van der Waals surface area contributed by atoms with Crippen LogP contribution in [0.15, 0.2) is 35.0 Å². The summed E-state index contributed by atoms with van der Waals surface area (Å²) in [5, 5.41) is 7.64. The van der Waals surface area contributed by atoms with Crippen LogP contribution in [0.1, 0.15) is 5.56 Å². The maximum atomic E-state index is 5.92. The van der Waals surface area contributed by atoms with Crippen molar-refractivity contribution < 1.29 is 0 Å². The summed E-state index contributed by atoms with van der Waals surface area (Å²) < 4.78 is 1.17. The maximum absolute atomic E-state index is 5.92. The first-order valence-corrected chi connectivity index (χ1v) is 7.08. The monoisotopic (exact) mass is 344 g/mol. The van der Waals surface area contributed by atoms with E-state index in [-0.39, 0.29) is 0 Å². The zero-order valence-corrected chi connectivity index (χ0v) is 11.7. The predicted octanol–water partition coefficient (Wildman–Crippen LogP) is 3.59. The van der Waals surface area contributed by atoms with Gasteiger partial charge in [-0.2, -0.15) is 11.3 Å². The van der Waals surface area contributed by atoms with Crippen molar-refractivity contribution >= 4 is 45.3 Å². The molecule has 3 N–H and O–H groups in total. The Morgan fingerprint density at radius 3 is 2.88 bits per heavy atom. The molecule has 0 amide bonds. The first-order chi connectivity index (χ1) is 7.75. The summed E-state index contributed by atoms with van der Waals surface area (Å²) in [6, 6.07) is 8.23. The molecule has 0 bridgehead atoms. The molecule has 1 aromatic carbocycles. The fourth-order valence-electron chi connectivity index (χ4n) is 1.47. The molecule has 0 saturated heterocycles. The van der Waals surface area contributed by atoms with Crippen molar-refractivity contribution in [1.82, 2.24) is 0 Å². The van der Waals surface area contributed by atoms with Gasteiger partial charge in [-0.05, 0) is 69.6 Å².